The molecule has 5 aromatic carbocycles. The molecule has 3 heterocycles. The minimum absolute atomic E-state index is 0.0642. The molecule has 1 aromatic heterocycles. The number of hydrogen-bond acceptors (Lipinski definition) is 8. The minimum Gasteiger partial charge on any atom is -0.490 e. The van der Waals surface area contributed by atoms with E-state index in [-0.39, 0.29) is 48.2 Å². The third kappa shape index (κ3) is 10.4. The quantitative estimate of drug-likeness (QED) is 0.0982. The number of hydrogen-bond donors (Lipinski definition) is 2. The van der Waals surface area contributed by atoms with Gasteiger partial charge in [0, 0.05) is 61.2 Å². The molecule has 2 N–H and O–H groups in total. The standard InChI is InChI=1S/C56H59N5O8/c1-36(62)57-52(40-15-5-3-6-16-40)54(65)59-28-12-22-46(59)50(63)33-37-24-26-44-45-27-25-38(32-49(45)61(48(44)31-37)35-39-14-11-21-43(30-39)69-42-19-9-10-20-42)34-51(64)47-23-13-29-60(47)55(66)53(58-56(67)68-2)41-17-7-4-8-18-41/h3-8,11,14-18,21,24-27,30-32,42,46-47,52-53H,9-10,12-13,19-20,22-23,28-29,33-35H2,1-2H3,(H,57,62)(H,58,67)/t46-,47-,52+,53+/m0/s1. The number of aromatic nitrogens is 1. The molecule has 6 aromatic rings. The van der Waals surface area contributed by atoms with Gasteiger partial charge in [-0.15, -0.1) is 0 Å². The number of fused-ring (bicyclic) bond motifs is 3. The maximum absolute atomic E-state index is 14.3. The van der Waals surface area contributed by atoms with Crippen LogP contribution in [0.2, 0.25) is 0 Å². The van der Waals surface area contributed by atoms with E-state index >= 15 is 0 Å². The highest BCUT2D eigenvalue weighted by molar-refractivity contribution is 6.09. The summed E-state index contributed by atoms with van der Waals surface area (Å²) < 4.78 is 13.5. The first-order valence-corrected chi connectivity index (χ1v) is 24.2. The molecule has 2 aliphatic heterocycles. The van der Waals surface area contributed by atoms with E-state index in [9.17, 15) is 28.8 Å². The maximum Gasteiger partial charge on any atom is 0.407 e. The Balaban J connectivity index is 1.01. The zero-order valence-corrected chi connectivity index (χ0v) is 39.2. The summed E-state index contributed by atoms with van der Waals surface area (Å²) in [5, 5.41) is 7.48. The Bertz CT molecular complexity index is 2870. The number of methoxy groups -OCH3 is 1. The van der Waals surface area contributed by atoms with Crippen LogP contribution in [0.5, 0.6) is 5.75 Å². The van der Waals surface area contributed by atoms with Crippen LogP contribution >= 0.6 is 0 Å². The number of Topliss-reactive ketones (excluding diaryl/α,β-unsaturated/α-hetero) is 2. The van der Waals surface area contributed by atoms with E-state index in [1.165, 1.54) is 14.0 Å². The van der Waals surface area contributed by atoms with Crippen molar-refractivity contribution in [3.63, 3.8) is 0 Å². The third-order valence-corrected chi connectivity index (χ3v) is 14.0. The van der Waals surface area contributed by atoms with Crippen LogP contribution in [0.15, 0.2) is 121 Å². The number of likely N-dealkylation sites (tertiary alicyclic amines) is 2. The van der Waals surface area contributed by atoms with Crippen LogP contribution in [0.1, 0.15) is 98.2 Å². The summed E-state index contributed by atoms with van der Waals surface area (Å²) in [5.74, 6) is -0.308. The molecule has 4 atom stereocenters. The molecular weight excluding hydrogens is 871 g/mol. The number of benzene rings is 5. The summed E-state index contributed by atoms with van der Waals surface area (Å²) in [5.41, 5.74) is 5.75. The zero-order chi connectivity index (χ0) is 48.0. The maximum atomic E-state index is 14.3. The van der Waals surface area contributed by atoms with Gasteiger partial charge in [0.2, 0.25) is 11.8 Å². The van der Waals surface area contributed by atoms with Gasteiger partial charge in [0.1, 0.15) is 17.8 Å². The Labute approximate surface area is 402 Å². The number of carbonyl (C=O) groups excluding carboxylic acids is 6. The van der Waals surface area contributed by atoms with Crippen molar-refractivity contribution >= 4 is 57.2 Å². The van der Waals surface area contributed by atoms with Crippen molar-refractivity contribution in [2.75, 3.05) is 20.2 Å². The Morgan fingerprint density at radius 3 is 1.61 bits per heavy atom. The van der Waals surface area contributed by atoms with Crippen molar-refractivity contribution in [1.82, 2.24) is 25.0 Å². The number of nitrogens with one attached hydrogen (secondary N) is 2. The van der Waals surface area contributed by atoms with E-state index in [0.717, 1.165) is 69.9 Å². The van der Waals surface area contributed by atoms with E-state index in [2.05, 4.69) is 45.5 Å². The van der Waals surface area contributed by atoms with Crippen LogP contribution < -0.4 is 15.4 Å². The molecule has 4 amide bonds. The lowest BCUT2D eigenvalue weighted by Crippen LogP contribution is -2.47. The van der Waals surface area contributed by atoms with E-state index in [1.807, 2.05) is 66.7 Å². The second kappa shape index (κ2) is 20.9. The van der Waals surface area contributed by atoms with Crippen molar-refractivity contribution in [3.05, 3.63) is 149 Å². The average Bonchev–Trinajstić information content (AvgIpc) is 4.21. The van der Waals surface area contributed by atoms with Gasteiger partial charge < -0.3 is 34.5 Å². The summed E-state index contributed by atoms with van der Waals surface area (Å²) >= 11 is 0. The molecule has 2 saturated heterocycles. The van der Waals surface area contributed by atoms with Gasteiger partial charge in [-0.05, 0) is 103 Å². The highest BCUT2D eigenvalue weighted by atomic mass is 16.5. The first-order chi connectivity index (χ1) is 33.5. The fourth-order valence-electron chi connectivity index (χ4n) is 10.6. The molecule has 0 bridgehead atoms. The van der Waals surface area contributed by atoms with E-state index < -0.39 is 30.3 Å². The predicted molar refractivity (Wildman–Crippen MR) is 262 cm³/mol. The molecule has 9 rings (SSSR count). The van der Waals surface area contributed by atoms with E-state index in [0.29, 0.717) is 56.4 Å². The number of ketones is 2. The summed E-state index contributed by atoms with van der Waals surface area (Å²) in [6.07, 6.45) is 6.49. The first kappa shape index (κ1) is 46.8. The van der Waals surface area contributed by atoms with Crippen LogP contribution in [0.25, 0.3) is 21.8 Å². The van der Waals surface area contributed by atoms with Crippen molar-refractivity contribution < 1.29 is 38.2 Å². The van der Waals surface area contributed by atoms with Gasteiger partial charge in [0.05, 0.1) is 25.3 Å². The van der Waals surface area contributed by atoms with Crippen molar-refractivity contribution in [2.45, 2.75) is 108 Å². The molecule has 0 unspecified atom stereocenters. The second-order valence-corrected chi connectivity index (χ2v) is 18.7. The number of alkyl carbamates (subject to hydrolysis) is 1. The van der Waals surface area contributed by atoms with Gasteiger partial charge in [-0.3, -0.25) is 24.0 Å². The van der Waals surface area contributed by atoms with E-state index in [4.69, 9.17) is 9.47 Å². The van der Waals surface area contributed by atoms with Crippen molar-refractivity contribution in [3.8, 4) is 5.75 Å². The molecule has 1 aliphatic carbocycles. The summed E-state index contributed by atoms with van der Waals surface area (Å²) in [4.78, 5) is 84.7. The molecule has 0 spiro atoms. The molecule has 1 saturated carbocycles. The van der Waals surface area contributed by atoms with E-state index in [1.54, 1.807) is 34.1 Å². The number of carbonyl (C=O) groups is 6. The Morgan fingerprint density at radius 1 is 0.580 bits per heavy atom. The lowest BCUT2D eigenvalue weighted by molar-refractivity contribution is -0.140. The molecule has 356 valence electrons. The van der Waals surface area contributed by atoms with Crippen molar-refractivity contribution in [2.24, 2.45) is 0 Å². The van der Waals surface area contributed by atoms with Gasteiger partial charge in [0.25, 0.3) is 5.91 Å². The highest BCUT2D eigenvalue weighted by Crippen LogP contribution is 2.34. The smallest absolute Gasteiger partial charge is 0.407 e. The lowest BCUT2D eigenvalue weighted by atomic mass is 9.98. The van der Waals surface area contributed by atoms with Gasteiger partial charge >= 0.3 is 6.09 Å². The molecule has 0 radical (unpaired) electrons. The number of rotatable bonds is 16. The fraction of sp³-hybridized carbons (Fsp3) is 0.357. The SMILES string of the molecule is COC(=O)N[C@@H](C(=O)N1CCC[C@H]1C(=O)Cc1ccc2c3ccc(CC(=O)[C@@H]4CCCN4C(=O)[C@H](NC(C)=O)c4ccccc4)cc3n(Cc3cccc(OC4CCCC4)c3)c2c1)c1ccccc1. The zero-order valence-electron chi connectivity index (χ0n) is 39.2. The predicted octanol–water partition coefficient (Wildman–Crippen LogP) is 8.34. The van der Waals surface area contributed by atoms with Crippen LogP contribution in [0.3, 0.4) is 0 Å². The Hall–Kier alpha value is -7.28. The summed E-state index contributed by atoms with van der Waals surface area (Å²) in [6, 6.07) is 35.3. The normalized spacial score (nSPS) is 18.0. The fourth-order valence-corrected chi connectivity index (χ4v) is 10.6. The molecular formula is C56H59N5O8. The summed E-state index contributed by atoms with van der Waals surface area (Å²) in [7, 11) is 1.25. The van der Waals surface area contributed by atoms with Crippen LogP contribution in [-0.2, 0) is 48.1 Å². The van der Waals surface area contributed by atoms with Gasteiger partial charge in [-0.25, -0.2) is 4.79 Å². The van der Waals surface area contributed by atoms with Gasteiger partial charge in [-0.1, -0.05) is 97.1 Å². The monoisotopic (exact) mass is 929 g/mol. The van der Waals surface area contributed by atoms with Crippen LogP contribution in [-0.4, -0.2) is 88.1 Å². The molecule has 69 heavy (non-hydrogen) atoms. The topological polar surface area (TPSA) is 156 Å². The molecule has 13 nitrogen and oxygen atoms in total. The molecule has 3 aliphatic rings. The van der Waals surface area contributed by atoms with Gasteiger partial charge in [-0.2, -0.15) is 0 Å². The van der Waals surface area contributed by atoms with Crippen LogP contribution in [0.4, 0.5) is 4.79 Å². The summed E-state index contributed by atoms with van der Waals surface area (Å²) in [6.45, 7) is 2.70. The van der Waals surface area contributed by atoms with Crippen LogP contribution in [0, 0.1) is 0 Å². The largest absolute Gasteiger partial charge is 0.490 e. The minimum atomic E-state index is -1.01. The van der Waals surface area contributed by atoms with Crippen molar-refractivity contribution in [1.29, 1.82) is 0 Å². The van der Waals surface area contributed by atoms with Gasteiger partial charge in [0.15, 0.2) is 11.6 Å². The average molecular weight is 930 g/mol. The third-order valence-electron chi connectivity index (χ3n) is 14.0. The highest BCUT2D eigenvalue weighted by Gasteiger charge is 2.39. The Kier molecular flexibility index (Phi) is 14.2. The number of ether oxygens (including phenoxy) is 2. The number of amides is 4. The lowest BCUT2D eigenvalue weighted by Gasteiger charge is -2.28. The molecule has 3 fully saturated rings. The number of nitrogens with zero attached hydrogens (tertiary/aromatic N) is 3. The second-order valence-electron chi connectivity index (χ2n) is 18.7. The Morgan fingerprint density at radius 2 is 1.10 bits per heavy atom. The first-order valence-electron chi connectivity index (χ1n) is 24.2. The molecule has 13 heteroatoms.